The van der Waals surface area contributed by atoms with Crippen LogP contribution in [-0.4, -0.2) is 32.0 Å². The number of hydrogen-bond donors (Lipinski definition) is 1. The average molecular weight is 254 g/mol. The van der Waals surface area contributed by atoms with Gasteiger partial charge in [-0.2, -0.15) is 0 Å². The number of aliphatic hydroxyl groups is 1. The molecule has 0 saturated carbocycles. The molecule has 0 radical (unpaired) electrons. The van der Waals surface area contributed by atoms with Crippen LogP contribution in [0.1, 0.15) is 32.3 Å². The molecule has 0 aromatic heterocycles. The predicted octanol–water partition coefficient (Wildman–Crippen LogP) is 2.59. The lowest BCUT2D eigenvalue weighted by Gasteiger charge is -2.21. The quantitative estimate of drug-likeness (QED) is 0.847. The second-order valence-corrected chi connectivity index (χ2v) is 4.47. The highest BCUT2D eigenvalue weighted by atomic mass is 16.5. The van der Waals surface area contributed by atoms with Crippen LogP contribution in [0.4, 0.5) is 0 Å². The van der Waals surface area contributed by atoms with E-state index in [0.29, 0.717) is 17.2 Å². The molecule has 0 fully saturated rings. The van der Waals surface area contributed by atoms with Crippen LogP contribution in [0.15, 0.2) is 12.1 Å². The molecule has 1 aromatic carbocycles. The molecule has 102 valence electrons. The molecule has 0 saturated heterocycles. The Kier molecular flexibility index (Phi) is 5.28. The molecule has 0 bridgehead atoms. The third-order valence-corrected chi connectivity index (χ3v) is 2.69. The van der Waals surface area contributed by atoms with E-state index in [1.54, 1.807) is 14.2 Å². The molecule has 0 aliphatic rings. The number of hydrogen-bond acceptors (Lipinski definition) is 4. The summed E-state index contributed by atoms with van der Waals surface area (Å²) < 4.78 is 16.4. The van der Waals surface area contributed by atoms with Gasteiger partial charge < -0.3 is 19.3 Å². The lowest BCUT2D eigenvalue weighted by Crippen LogP contribution is -2.11. The smallest absolute Gasteiger partial charge is 0.203 e. The van der Waals surface area contributed by atoms with Gasteiger partial charge in [-0.1, -0.05) is 13.0 Å². The summed E-state index contributed by atoms with van der Waals surface area (Å²) in [5, 5.41) is 9.31. The number of benzene rings is 1. The maximum atomic E-state index is 9.31. The van der Waals surface area contributed by atoms with E-state index in [1.807, 2.05) is 32.9 Å². The topological polar surface area (TPSA) is 47.9 Å². The largest absolute Gasteiger partial charge is 0.493 e. The van der Waals surface area contributed by atoms with E-state index in [2.05, 4.69) is 0 Å². The van der Waals surface area contributed by atoms with Crippen LogP contribution in [0.3, 0.4) is 0 Å². The van der Waals surface area contributed by atoms with Gasteiger partial charge in [0, 0.05) is 18.1 Å². The molecule has 1 N–H and O–H groups in total. The molecule has 18 heavy (non-hydrogen) atoms. The summed E-state index contributed by atoms with van der Waals surface area (Å²) in [7, 11) is 3.17. The van der Waals surface area contributed by atoms with Gasteiger partial charge in [-0.3, -0.25) is 0 Å². The Morgan fingerprint density at radius 1 is 1.06 bits per heavy atom. The molecule has 4 heteroatoms. The Bertz CT molecular complexity index is 388. The summed E-state index contributed by atoms with van der Waals surface area (Å²) in [5.41, 5.74) is 0.920. The maximum absolute atomic E-state index is 9.31. The minimum Gasteiger partial charge on any atom is -0.493 e. The van der Waals surface area contributed by atoms with Gasteiger partial charge in [0.2, 0.25) is 5.75 Å². The Balaban J connectivity index is 3.33. The minimum absolute atomic E-state index is 0.0152. The molecule has 0 amide bonds. The van der Waals surface area contributed by atoms with E-state index in [-0.39, 0.29) is 18.6 Å². The summed E-state index contributed by atoms with van der Waals surface area (Å²) in [5.74, 6) is 1.83. The van der Waals surface area contributed by atoms with Crippen molar-refractivity contribution in [3.63, 3.8) is 0 Å². The molecule has 0 heterocycles. The predicted molar refractivity (Wildman–Crippen MR) is 70.8 cm³/mol. The summed E-state index contributed by atoms with van der Waals surface area (Å²) in [4.78, 5) is 0. The van der Waals surface area contributed by atoms with Gasteiger partial charge in [-0.15, -0.1) is 0 Å². The number of rotatable bonds is 6. The van der Waals surface area contributed by atoms with Gasteiger partial charge in [-0.25, -0.2) is 0 Å². The summed E-state index contributed by atoms with van der Waals surface area (Å²) in [6.07, 6.45) is 0.0237. The summed E-state index contributed by atoms with van der Waals surface area (Å²) >= 11 is 0. The summed E-state index contributed by atoms with van der Waals surface area (Å²) in [6.45, 7) is 5.90. The molecule has 4 nitrogen and oxygen atoms in total. The van der Waals surface area contributed by atoms with Crippen molar-refractivity contribution >= 4 is 0 Å². The molecule has 1 atom stereocenters. The molecule has 1 aromatic rings. The molecule has 1 rings (SSSR count). The van der Waals surface area contributed by atoms with Crippen molar-refractivity contribution in [1.29, 1.82) is 0 Å². The lowest BCUT2D eigenvalue weighted by molar-refractivity contribution is 0.217. The van der Waals surface area contributed by atoms with Crippen molar-refractivity contribution in [1.82, 2.24) is 0 Å². The highest BCUT2D eigenvalue weighted by molar-refractivity contribution is 5.56. The van der Waals surface area contributed by atoms with Gasteiger partial charge in [0.25, 0.3) is 0 Å². The first-order valence-corrected chi connectivity index (χ1v) is 6.07. The van der Waals surface area contributed by atoms with Crippen molar-refractivity contribution in [2.45, 2.75) is 32.8 Å². The van der Waals surface area contributed by atoms with Crippen molar-refractivity contribution in [2.75, 3.05) is 20.8 Å². The molecule has 0 aliphatic carbocycles. The first kappa shape index (κ1) is 14.6. The second kappa shape index (κ2) is 6.50. The van der Waals surface area contributed by atoms with Crippen LogP contribution in [0.25, 0.3) is 0 Å². The highest BCUT2D eigenvalue weighted by Gasteiger charge is 2.20. The third kappa shape index (κ3) is 3.07. The van der Waals surface area contributed by atoms with Crippen molar-refractivity contribution in [3.05, 3.63) is 17.7 Å². The van der Waals surface area contributed by atoms with Gasteiger partial charge in [0.05, 0.1) is 20.3 Å². The zero-order valence-corrected chi connectivity index (χ0v) is 11.7. The van der Waals surface area contributed by atoms with Gasteiger partial charge in [-0.05, 0) is 19.9 Å². The third-order valence-electron chi connectivity index (χ3n) is 2.69. The van der Waals surface area contributed by atoms with Crippen LogP contribution in [0, 0.1) is 0 Å². The zero-order valence-electron chi connectivity index (χ0n) is 11.7. The zero-order chi connectivity index (χ0) is 13.7. The lowest BCUT2D eigenvalue weighted by atomic mass is 10.00. The number of ether oxygens (including phenoxy) is 3. The fourth-order valence-corrected chi connectivity index (χ4v) is 1.76. The van der Waals surface area contributed by atoms with Crippen molar-refractivity contribution < 1.29 is 19.3 Å². The Labute approximate surface area is 108 Å². The molecule has 1 unspecified atom stereocenters. The van der Waals surface area contributed by atoms with E-state index in [1.165, 1.54) is 0 Å². The Morgan fingerprint density at radius 2 is 1.72 bits per heavy atom. The van der Waals surface area contributed by atoms with Crippen LogP contribution < -0.4 is 14.2 Å². The van der Waals surface area contributed by atoms with E-state index in [9.17, 15) is 5.11 Å². The maximum Gasteiger partial charge on any atom is 0.203 e. The first-order valence-electron chi connectivity index (χ1n) is 6.07. The normalized spacial score (nSPS) is 12.4. The molecule has 0 spiro atoms. The highest BCUT2D eigenvalue weighted by Crippen LogP contribution is 2.43. The van der Waals surface area contributed by atoms with E-state index >= 15 is 0 Å². The molecular weight excluding hydrogens is 232 g/mol. The average Bonchev–Trinajstić information content (AvgIpc) is 2.36. The van der Waals surface area contributed by atoms with Gasteiger partial charge in [0.1, 0.15) is 0 Å². The fourth-order valence-electron chi connectivity index (χ4n) is 1.76. The monoisotopic (exact) mass is 254 g/mol. The van der Waals surface area contributed by atoms with E-state index in [0.717, 1.165) is 5.56 Å². The molecular formula is C14H22O4. The van der Waals surface area contributed by atoms with Crippen LogP contribution in [0.5, 0.6) is 17.2 Å². The standard InChI is InChI=1S/C14H22O4/c1-9(2)18-13-11(10(3)8-15)6-7-12(16-4)14(13)17-5/h6-7,9-10,15H,8H2,1-5H3. The van der Waals surface area contributed by atoms with Crippen LogP contribution >= 0.6 is 0 Å². The van der Waals surface area contributed by atoms with Gasteiger partial charge in [0.15, 0.2) is 11.5 Å². The molecule has 0 aliphatic heterocycles. The van der Waals surface area contributed by atoms with Crippen LogP contribution in [0.2, 0.25) is 0 Å². The first-order chi connectivity index (χ1) is 8.54. The van der Waals surface area contributed by atoms with E-state index in [4.69, 9.17) is 14.2 Å². The van der Waals surface area contributed by atoms with Crippen molar-refractivity contribution in [3.8, 4) is 17.2 Å². The van der Waals surface area contributed by atoms with E-state index < -0.39 is 0 Å². The van der Waals surface area contributed by atoms with Crippen molar-refractivity contribution in [2.24, 2.45) is 0 Å². The Morgan fingerprint density at radius 3 is 2.17 bits per heavy atom. The number of aliphatic hydroxyl groups excluding tert-OH is 1. The summed E-state index contributed by atoms with van der Waals surface area (Å²) in [6, 6.07) is 3.73. The minimum atomic E-state index is -0.0152. The second-order valence-electron chi connectivity index (χ2n) is 4.47. The van der Waals surface area contributed by atoms with Crippen LogP contribution in [-0.2, 0) is 0 Å². The number of methoxy groups -OCH3 is 2. The van der Waals surface area contributed by atoms with Gasteiger partial charge >= 0.3 is 0 Å². The fraction of sp³-hybridized carbons (Fsp3) is 0.571. The SMILES string of the molecule is COc1ccc(C(C)CO)c(OC(C)C)c1OC. The Hall–Kier alpha value is -1.42.